The van der Waals surface area contributed by atoms with Crippen LogP contribution in [0.25, 0.3) is 5.65 Å². The molecule has 2 atom stereocenters. The number of fused-ring (bicyclic) bond motifs is 1. The molecule has 1 fully saturated rings. The molecule has 0 radical (unpaired) electrons. The molecule has 0 aliphatic carbocycles. The van der Waals surface area contributed by atoms with E-state index in [-0.39, 0.29) is 36.3 Å². The van der Waals surface area contributed by atoms with Gasteiger partial charge in [-0.05, 0) is 51.6 Å². The molecule has 9 heteroatoms. The van der Waals surface area contributed by atoms with E-state index in [9.17, 15) is 9.59 Å². The van der Waals surface area contributed by atoms with Crippen LogP contribution in [-0.4, -0.2) is 33.6 Å². The number of nitrogens with one attached hydrogen (secondary N) is 3. The van der Waals surface area contributed by atoms with Crippen LogP contribution >= 0.6 is 24.8 Å². The number of hydrogen-bond acceptors (Lipinski definition) is 4. The Bertz CT molecular complexity index is 827. The molecule has 2 aromatic rings. The number of nitrogens with zero attached hydrogens (tertiary/aromatic N) is 2. The maximum absolute atomic E-state index is 12.3. The second kappa shape index (κ2) is 10.1. The van der Waals surface area contributed by atoms with Crippen molar-refractivity contribution in [2.75, 3.05) is 13.1 Å². The minimum Gasteiger partial charge on any atom is -0.352 e. The maximum atomic E-state index is 12.3. The number of rotatable bonds is 5. The van der Waals surface area contributed by atoms with Gasteiger partial charge in [-0.25, -0.2) is 9.50 Å². The minimum atomic E-state index is -0.175. The van der Waals surface area contributed by atoms with Gasteiger partial charge in [0.05, 0.1) is 0 Å². The number of halogens is 2. The molecule has 3 N–H and O–H groups in total. The van der Waals surface area contributed by atoms with E-state index >= 15 is 0 Å². The lowest BCUT2D eigenvalue weighted by Crippen LogP contribution is -2.35. The Morgan fingerprint density at radius 2 is 2.15 bits per heavy atom. The number of H-pyrrole nitrogens is 1. The van der Waals surface area contributed by atoms with Crippen molar-refractivity contribution in [1.82, 2.24) is 25.2 Å². The second-order valence-electron chi connectivity index (χ2n) is 7.14. The number of carbonyl (C=O) groups excluding carboxylic acids is 1. The van der Waals surface area contributed by atoms with Crippen LogP contribution in [0.3, 0.4) is 0 Å². The van der Waals surface area contributed by atoms with E-state index in [2.05, 4.69) is 27.6 Å². The van der Waals surface area contributed by atoms with E-state index in [0.717, 1.165) is 30.0 Å². The minimum absolute atomic E-state index is 0. The Balaban J connectivity index is 0.00000182. The Morgan fingerprint density at radius 1 is 1.41 bits per heavy atom. The van der Waals surface area contributed by atoms with Crippen LogP contribution in [0.15, 0.2) is 10.9 Å². The fraction of sp³-hybridized carbons (Fsp3) is 0.611. The Hall–Kier alpha value is -1.57. The van der Waals surface area contributed by atoms with Crippen LogP contribution in [0.2, 0.25) is 0 Å². The normalized spacial score (nSPS) is 17.7. The molecular formula is C18H29Cl2N5O2. The average Bonchev–Trinajstić information content (AvgIpc) is 2.96. The molecule has 152 valence electrons. The Kier molecular flexibility index (Phi) is 8.78. The molecule has 2 aromatic heterocycles. The van der Waals surface area contributed by atoms with Crippen molar-refractivity contribution in [2.24, 2.45) is 11.8 Å². The molecule has 0 bridgehead atoms. The molecule has 3 rings (SSSR count). The van der Waals surface area contributed by atoms with Gasteiger partial charge in [0.25, 0.3) is 5.56 Å². The molecule has 3 heterocycles. The molecule has 1 aliphatic heterocycles. The van der Waals surface area contributed by atoms with Crippen molar-refractivity contribution >= 4 is 36.4 Å². The Labute approximate surface area is 171 Å². The summed E-state index contributed by atoms with van der Waals surface area (Å²) in [5.74, 6) is 1.01. The third-order valence-corrected chi connectivity index (χ3v) is 5.31. The fourth-order valence-electron chi connectivity index (χ4n) is 3.69. The summed E-state index contributed by atoms with van der Waals surface area (Å²) in [5.41, 5.74) is 3.11. The first-order valence-corrected chi connectivity index (χ1v) is 9.01. The van der Waals surface area contributed by atoms with Gasteiger partial charge >= 0.3 is 0 Å². The van der Waals surface area contributed by atoms with Gasteiger partial charge in [0.2, 0.25) is 5.91 Å². The lowest BCUT2D eigenvalue weighted by Gasteiger charge is -2.28. The average molecular weight is 418 g/mol. The molecule has 0 aromatic carbocycles. The van der Waals surface area contributed by atoms with E-state index in [1.54, 1.807) is 4.52 Å². The summed E-state index contributed by atoms with van der Waals surface area (Å²) >= 11 is 0. The van der Waals surface area contributed by atoms with Gasteiger partial charge in [0, 0.05) is 36.0 Å². The van der Waals surface area contributed by atoms with E-state index < -0.39 is 0 Å². The van der Waals surface area contributed by atoms with Gasteiger partial charge < -0.3 is 10.6 Å². The van der Waals surface area contributed by atoms with Gasteiger partial charge in [-0.2, -0.15) is 0 Å². The van der Waals surface area contributed by atoms with Crippen molar-refractivity contribution in [3.05, 3.63) is 33.4 Å². The highest BCUT2D eigenvalue weighted by molar-refractivity contribution is 5.85. The molecule has 2 unspecified atom stereocenters. The molecule has 0 spiro atoms. The first kappa shape index (κ1) is 23.5. The largest absolute Gasteiger partial charge is 0.352 e. The van der Waals surface area contributed by atoms with Crippen molar-refractivity contribution < 1.29 is 4.79 Å². The smallest absolute Gasteiger partial charge is 0.266 e. The third-order valence-electron chi connectivity index (χ3n) is 5.31. The van der Waals surface area contributed by atoms with Gasteiger partial charge in [-0.3, -0.25) is 14.7 Å². The maximum Gasteiger partial charge on any atom is 0.266 e. The number of piperidine rings is 1. The van der Waals surface area contributed by atoms with E-state index in [1.165, 1.54) is 18.9 Å². The molecular weight excluding hydrogens is 389 g/mol. The van der Waals surface area contributed by atoms with E-state index in [1.807, 2.05) is 13.8 Å². The summed E-state index contributed by atoms with van der Waals surface area (Å²) < 4.78 is 1.67. The number of hydrogen-bond donors (Lipinski definition) is 3. The quantitative estimate of drug-likeness (QED) is 0.694. The van der Waals surface area contributed by atoms with Gasteiger partial charge in [0.1, 0.15) is 0 Å². The second-order valence-corrected chi connectivity index (χ2v) is 7.14. The zero-order valence-electron chi connectivity index (χ0n) is 16.0. The van der Waals surface area contributed by atoms with Crippen molar-refractivity contribution in [2.45, 2.75) is 46.6 Å². The van der Waals surface area contributed by atoms with Crippen molar-refractivity contribution in [1.29, 1.82) is 0 Å². The van der Waals surface area contributed by atoms with Gasteiger partial charge in [-0.1, -0.05) is 6.92 Å². The number of aryl methyl sites for hydroxylation is 2. The van der Waals surface area contributed by atoms with Crippen LogP contribution in [0.4, 0.5) is 0 Å². The van der Waals surface area contributed by atoms with E-state index in [4.69, 9.17) is 0 Å². The van der Waals surface area contributed by atoms with Crippen molar-refractivity contribution in [3.8, 4) is 0 Å². The zero-order chi connectivity index (χ0) is 18.0. The van der Waals surface area contributed by atoms with Crippen LogP contribution in [0.5, 0.6) is 0 Å². The van der Waals surface area contributed by atoms with Crippen LogP contribution in [0.1, 0.15) is 43.1 Å². The monoisotopic (exact) mass is 417 g/mol. The fourth-order valence-corrected chi connectivity index (χ4v) is 3.69. The molecule has 0 saturated carbocycles. The SMILES string of the molecule is Cc1nc2cc(=O)[nH]n2c(C)c1CNC(=O)CC(C)C1CCCNC1.Cl.Cl. The summed E-state index contributed by atoms with van der Waals surface area (Å²) in [4.78, 5) is 28.3. The predicted molar refractivity (Wildman–Crippen MR) is 111 cm³/mol. The van der Waals surface area contributed by atoms with Crippen LogP contribution < -0.4 is 16.2 Å². The summed E-state index contributed by atoms with van der Waals surface area (Å²) in [5, 5.41) is 9.16. The lowest BCUT2D eigenvalue weighted by molar-refractivity contribution is -0.122. The van der Waals surface area contributed by atoms with Gasteiger partial charge in [0.15, 0.2) is 5.65 Å². The molecule has 1 saturated heterocycles. The highest BCUT2D eigenvalue weighted by atomic mass is 35.5. The highest BCUT2D eigenvalue weighted by Gasteiger charge is 2.22. The number of amides is 1. The summed E-state index contributed by atoms with van der Waals surface area (Å²) in [6.45, 7) is 8.51. The standard InChI is InChI=1S/C18H27N5O2.2ClH/c1-11(14-5-4-6-19-9-14)7-17(24)20-10-15-12(2)21-16-8-18(25)22-23(16)13(15)3;;/h8,11,14,19H,4-7,9-10H2,1-3H3,(H,20,24)(H,22,25);2*1H. The number of aromatic nitrogens is 3. The third kappa shape index (κ3) is 5.46. The lowest BCUT2D eigenvalue weighted by atomic mass is 9.85. The highest BCUT2D eigenvalue weighted by Crippen LogP contribution is 2.22. The molecule has 7 nitrogen and oxygen atoms in total. The van der Waals surface area contributed by atoms with Crippen molar-refractivity contribution in [3.63, 3.8) is 0 Å². The first-order chi connectivity index (χ1) is 12.0. The summed E-state index contributed by atoms with van der Waals surface area (Å²) in [6, 6.07) is 1.47. The molecule has 27 heavy (non-hydrogen) atoms. The zero-order valence-corrected chi connectivity index (χ0v) is 17.6. The topological polar surface area (TPSA) is 91.3 Å². The van der Waals surface area contributed by atoms with Gasteiger partial charge in [-0.15, -0.1) is 24.8 Å². The summed E-state index contributed by atoms with van der Waals surface area (Å²) in [6.07, 6.45) is 2.93. The summed E-state index contributed by atoms with van der Waals surface area (Å²) in [7, 11) is 0. The first-order valence-electron chi connectivity index (χ1n) is 9.01. The predicted octanol–water partition coefficient (Wildman–Crippen LogP) is 2.13. The van der Waals surface area contributed by atoms with Crippen LogP contribution in [-0.2, 0) is 11.3 Å². The molecule has 1 aliphatic rings. The number of aromatic amines is 1. The molecule has 1 amide bonds. The van der Waals surface area contributed by atoms with Crippen LogP contribution in [0, 0.1) is 25.7 Å². The Morgan fingerprint density at radius 3 is 2.81 bits per heavy atom. The number of carbonyl (C=O) groups is 1. The van der Waals surface area contributed by atoms with E-state index in [0.29, 0.717) is 30.4 Å².